The Morgan fingerprint density at radius 1 is 1.05 bits per heavy atom. The lowest BCUT2D eigenvalue weighted by Crippen LogP contribution is -2.04. The van der Waals surface area contributed by atoms with E-state index in [2.05, 4.69) is 9.97 Å². The van der Waals surface area contributed by atoms with Crippen molar-refractivity contribution in [3.63, 3.8) is 0 Å². The van der Waals surface area contributed by atoms with E-state index in [0.29, 0.717) is 17.1 Å². The van der Waals surface area contributed by atoms with Crippen molar-refractivity contribution in [2.45, 2.75) is 12.5 Å². The highest BCUT2D eigenvalue weighted by atomic mass is 35.5. The summed E-state index contributed by atoms with van der Waals surface area (Å²) < 4.78 is 0. The molecule has 100 valence electrons. The predicted molar refractivity (Wildman–Crippen MR) is 79.7 cm³/mol. The number of fused-ring (bicyclic) bond motifs is 1. The molecule has 0 radical (unpaired) electrons. The van der Waals surface area contributed by atoms with Gasteiger partial charge < -0.3 is 5.11 Å². The van der Waals surface area contributed by atoms with Crippen LogP contribution in [0.2, 0.25) is 5.02 Å². The Hall–Kier alpha value is -1.97. The van der Waals surface area contributed by atoms with Crippen molar-refractivity contribution in [2.75, 3.05) is 0 Å². The first-order valence-corrected chi connectivity index (χ1v) is 6.74. The standard InChI is InChI=1S/C16H13ClN2O/c17-12-5-6-15(19-10-12)16(20)9-11-7-8-18-14-4-2-1-3-13(11)14/h1-8,10,16,20H,9H2. The number of nitrogens with zero attached hydrogens (tertiary/aromatic N) is 2. The second-order valence-corrected chi connectivity index (χ2v) is 5.04. The molecule has 0 amide bonds. The van der Waals surface area contributed by atoms with Gasteiger partial charge in [-0.25, -0.2) is 0 Å². The predicted octanol–water partition coefficient (Wildman–Crippen LogP) is 3.56. The Bertz CT molecular complexity index is 723. The van der Waals surface area contributed by atoms with Gasteiger partial charge in [-0.1, -0.05) is 29.8 Å². The third-order valence-corrected chi connectivity index (χ3v) is 3.47. The van der Waals surface area contributed by atoms with E-state index in [1.165, 1.54) is 0 Å². The topological polar surface area (TPSA) is 46.0 Å². The molecule has 1 atom stereocenters. The first-order chi connectivity index (χ1) is 9.74. The van der Waals surface area contributed by atoms with Gasteiger partial charge in [-0.15, -0.1) is 0 Å². The van der Waals surface area contributed by atoms with Crippen LogP contribution in [0.5, 0.6) is 0 Å². The maximum Gasteiger partial charge on any atom is 0.1000 e. The molecule has 4 heteroatoms. The zero-order valence-electron chi connectivity index (χ0n) is 10.7. The summed E-state index contributed by atoms with van der Waals surface area (Å²) in [5.74, 6) is 0. The molecule has 3 aromatic rings. The lowest BCUT2D eigenvalue weighted by Gasteiger charge is -2.12. The first-order valence-electron chi connectivity index (χ1n) is 6.36. The summed E-state index contributed by atoms with van der Waals surface area (Å²) in [5.41, 5.74) is 2.61. The number of para-hydroxylation sites is 1. The van der Waals surface area contributed by atoms with E-state index in [-0.39, 0.29) is 0 Å². The number of hydrogen-bond acceptors (Lipinski definition) is 3. The Balaban J connectivity index is 1.91. The van der Waals surface area contributed by atoms with E-state index in [1.54, 1.807) is 24.5 Å². The van der Waals surface area contributed by atoms with E-state index in [1.807, 2.05) is 30.3 Å². The van der Waals surface area contributed by atoms with Gasteiger partial charge in [0.2, 0.25) is 0 Å². The fourth-order valence-corrected chi connectivity index (χ4v) is 2.34. The number of aromatic nitrogens is 2. The van der Waals surface area contributed by atoms with Gasteiger partial charge in [-0.3, -0.25) is 9.97 Å². The summed E-state index contributed by atoms with van der Waals surface area (Å²) in [6.07, 6.45) is 3.15. The highest BCUT2D eigenvalue weighted by Gasteiger charge is 2.12. The van der Waals surface area contributed by atoms with Crippen LogP contribution in [0.4, 0.5) is 0 Å². The van der Waals surface area contributed by atoms with Crippen molar-refractivity contribution in [3.8, 4) is 0 Å². The Kier molecular flexibility index (Phi) is 3.63. The minimum absolute atomic E-state index is 0.498. The Labute approximate surface area is 121 Å². The van der Waals surface area contributed by atoms with Crippen LogP contribution < -0.4 is 0 Å². The van der Waals surface area contributed by atoms with Crippen molar-refractivity contribution >= 4 is 22.5 Å². The maximum absolute atomic E-state index is 10.3. The van der Waals surface area contributed by atoms with E-state index < -0.39 is 6.10 Å². The minimum Gasteiger partial charge on any atom is -0.386 e. The van der Waals surface area contributed by atoms with E-state index in [0.717, 1.165) is 16.5 Å². The van der Waals surface area contributed by atoms with Crippen LogP contribution in [-0.2, 0) is 6.42 Å². The summed E-state index contributed by atoms with van der Waals surface area (Å²) >= 11 is 5.80. The monoisotopic (exact) mass is 284 g/mol. The molecule has 20 heavy (non-hydrogen) atoms. The Morgan fingerprint density at radius 3 is 2.70 bits per heavy atom. The molecular weight excluding hydrogens is 272 g/mol. The van der Waals surface area contributed by atoms with Gasteiger partial charge in [0.05, 0.1) is 22.3 Å². The molecule has 0 spiro atoms. The zero-order valence-corrected chi connectivity index (χ0v) is 11.5. The molecule has 3 rings (SSSR count). The fourth-order valence-electron chi connectivity index (χ4n) is 2.23. The average Bonchev–Trinajstić information content (AvgIpc) is 2.48. The summed E-state index contributed by atoms with van der Waals surface area (Å²) in [5, 5.41) is 11.9. The number of halogens is 1. The molecule has 0 saturated heterocycles. The molecule has 1 unspecified atom stereocenters. The van der Waals surface area contributed by atoms with Gasteiger partial charge in [-0.2, -0.15) is 0 Å². The number of rotatable bonds is 3. The average molecular weight is 285 g/mol. The first kappa shape index (κ1) is 13.0. The molecule has 0 aliphatic heterocycles. The molecule has 3 nitrogen and oxygen atoms in total. The molecule has 2 heterocycles. The van der Waals surface area contributed by atoms with Crippen LogP contribution >= 0.6 is 11.6 Å². The summed E-state index contributed by atoms with van der Waals surface area (Å²) in [7, 11) is 0. The number of benzene rings is 1. The second-order valence-electron chi connectivity index (χ2n) is 4.61. The van der Waals surface area contributed by atoms with Crippen molar-refractivity contribution < 1.29 is 5.11 Å². The van der Waals surface area contributed by atoms with Gasteiger partial charge in [-0.05, 0) is 29.8 Å². The van der Waals surface area contributed by atoms with Gasteiger partial charge in [0, 0.05) is 24.2 Å². The minimum atomic E-state index is -0.655. The summed E-state index contributed by atoms with van der Waals surface area (Å²) in [4.78, 5) is 8.48. The van der Waals surface area contributed by atoms with Gasteiger partial charge >= 0.3 is 0 Å². The van der Waals surface area contributed by atoms with Crippen LogP contribution in [0.1, 0.15) is 17.4 Å². The third-order valence-electron chi connectivity index (χ3n) is 3.24. The number of aliphatic hydroxyl groups is 1. The zero-order chi connectivity index (χ0) is 13.9. The number of pyridine rings is 2. The van der Waals surface area contributed by atoms with E-state index >= 15 is 0 Å². The lowest BCUT2D eigenvalue weighted by molar-refractivity contribution is 0.174. The summed E-state index contributed by atoms with van der Waals surface area (Å²) in [6.45, 7) is 0. The van der Waals surface area contributed by atoms with Gasteiger partial charge in [0.1, 0.15) is 0 Å². The quantitative estimate of drug-likeness (QED) is 0.800. The van der Waals surface area contributed by atoms with Crippen molar-refractivity contribution in [3.05, 3.63) is 71.1 Å². The second kappa shape index (κ2) is 5.57. The van der Waals surface area contributed by atoms with E-state index in [9.17, 15) is 5.11 Å². The molecule has 0 fully saturated rings. The van der Waals surface area contributed by atoms with E-state index in [4.69, 9.17) is 11.6 Å². The van der Waals surface area contributed by atoms with Crippen molar-refractivity contribution in [2.24, 2.45) is 0 Å². The third kappa shape index (κ3) is 2.64. The van der Waals surface area contributed by atoms with Crippen LogP contribution in [0.15, 0.2) is 54.9 Å². The normalized spacial score (nSPS) is 12.5. The molecular formula is C16H13ClN2O. The summed E-state index contributed by atoms with van der Waals surface area (Å²) in [6, 6.07) is 13.3. The van der Waals surface area contributed by atoms with Crippen LogP contribution in [-0.4, -0.2) is 15.1 Å². The van der Waals surface area contributed by atoms with Crippen LogP contribution in [0.3, 0.4) is 0 Å². The molecule has 0 aliphatic carbocycles. The van der Waals surface area contributed by atoms with Crippen LogP contribution in [0.25, 0.3) is 10.9 Å². The Morgan fingerprint density at radius 2 is 1.90 bits per heavy atom. The SMILES string of the molecule is OC(Cc1ccnc2ccccc12)c1ccc(Cl)cn1. The van der Waals surface area contributed by atoms with Crippen molar-refractivity contribution in [1.29, 1.82) is 0 Å². The van der Waals surface area contributed by atoms with Crippen molar-refractivity contribution in [1.82, 2.24) is 9.97 Å². The molecule has 2 aromatic heterocycles. The lowest BCUT2D eigenvalue weighted by atomic mass is 10.0. The molecule has 0 saturated carbocycles. The molecule has 1 N–H and O–H groups in total. The molecule has 1 aromatic carbocycles. The number of aliphatic hydroxyl groups excluding tert-OH is 1. The highest BCUT2D eigenvalue weighted by molar-refractivity contribution is 6.30. The molecule has 0 aliphatic rings. The molecule has 0 bridgehead atoms. The maximum atomic E-state index is 10.3. The fraction of sp³-hybridized carbons (Fsp3) is 0.125. The largest absolute Gasteiger partial charge is 0.386 e. The number of hydrogen-bond donors (Lipinski definition) is 1. The van der Waals surface area contributed by atoms with Gasteiger partial charge in [0.15, 0.2) is 0 Å². The smallest absolute Gasteiger partial charge is 0.1000 e. The van der Waals surface area contributed by atoms with Gasteiger partial charge in [0.25, 0.3) is 0 Å². The highest BCUT2D eigenvalue weighted by Crippen LogP contribution is 2.23. The van der Waals surface area contributed by atoms with Crippen LogP contribution in [0, 0.1) is 0 Å².